The summed E-state index contributed by atoms with van der Waals surface area (Å²) in [5, 5.41) is 6.83. The molecule has 1 aromatic heterocycles. The minimum Gasteiger partial charge on any atom is -0.338 e. The van der Waals surface area contributed by atoms with E-state index in [0.717, 1.165) is 27.3 Å². The molecule has 1 saturated heterocycles. The Hall–Kier alpha value is -2.02. The zero-order chi connectivity index (χ0) is 15.9. The number of rotatable bonds is 3. The van der Waals surface area contributed by atoms with E-state index < -0.39 is 5.66 Å². The first-order chi connectivity index (χ1) is 11.2. The van der Waals surface area contributed by atoms with Crippen LogP contribution >= 0.6 is 23.6 Å². The monoisotopic (exact) mass is 340 g/mol. The fourth-order valence-corrected chi connectivity index (χ4v) is 4.13. The second-order valence-electron chi connectivity index (χ2n) is 5.47. The summed E-state index contributed by atoms with van der Waals surface area (Å²) in [6, 6.07) is 18.4. The van der Waals surface area contributed by atoms with Crippen molar-refractivity contribution in [2.75, 3.05) is 5.01 Å². The number of benzene rings is 2. The number of anilines is 1. The van der Waals surface area contributed by atoms with Gasteiger partial charge < -0.3 is 5.32 Å². The van der Waals surface area contributed by atoms with Crippen LogP contribution in [0.3, 0.4) is 0 Å². The molecule has 4 rings (SSSR count). The first kappa shape index (κ1) is 14.6. The molecule has 1 aliphatic heterocycles. The first-order valence-corrected chi connectivity index (χ1v) is 8.75. The smallest absolute Gasteiger partial charge is 0.207 e. The Labute approximate surface area is 144 Å². The van der Waals surface area contributed by atoms with Crippen LogP contribution < -0.4 is 15.8 Å². The Balaban J connectivity index is 1.72. The summed E-state index contributed by atoms with van der Waals surface area (Å²) >= 11 is 7.19. The second kappa shape index (κ2) is 5.56. The van der Waals surface area contributed by atoms with E-state index >= 15 is 0 Å². The predicted octanol–water partition coefficient (Wildman–Crippen LogP) is 3.76. The van der Waals surface area contributed by atoms with Crippen molar-refractivity contribution in [1.82, 2.24) is 15.7 Å². The average molecular weight is 340 g/mol. The van der Waals surface area contributed by atoms with Crippen LogP contribution in [0.1, 0.15) is 18.9 Å². The molecule has 0 spiro atoms. The van der Waals surface area contributed by atoms with Crippen LogP contribution in [-0.4, -0.2) is 10.1 Å². The van der Waals surface area contributed by atoms with Crippen LogP contribution in [0.25, 0.3) is 10.2 Å². The van der Waals surface area contributed by atoms with Crippen LogP contribution in [0.15, 0.2) is 54.6 Å². The Morgan fingerprint density at radius 2 is 1.87 bits per heavy atom. The lowest BCUT2D eigenvalue weighted by Crippen LogP contribution is -2.47. The van der Waals surface area contributed by atoms with Gasteiger partial charge in [-0.25, -0.2) is 9.99 Å². The summed E-state index contributed by atoms with van der Waals surface area (Å²) in [5.41, 5.74) is 5.29. The largest absolute Gasteiger partial charge is 0.338 e. The number of hydrogen-bond acceptors (Lipinski definition) is 4. The molecule has 2 aromatic carbocycles. The average Bonchev–Trinajstić information content (AvgIpc) is 3.17. The van der Waals surface area contributed by atoms with E-state index in [2.05, 4.69) is 35.9 Å². The van der Waals surface area contributed by atoms with Gasteiger partial charge in [-0.2, -0.15) is 5.43 Å². The van der Waals surface area contributed by atoms with E-state index in [1.54, 1.807) is 11.3 Å². The standard InChI is InChI=1S/C17H16N4S2/c1-2-17(12-8-4-3-5-9-12)19-15(22)21(20-17)16-18-13-10-6-7-11-14(13)23-16/h3-11,20H,2H2,1H3,(H,19,22)/t17-/m1/s1. The quantitative estimate of drug-likeness (QED) is 0.711. The van der Waals surface area contributed by atoms with Gasteiger partial charge in [-0.05, 0) is 36.3 Å². The van der Waals surface area contributed by atoms with Crippen molar-refractivity contribution in [3.63, 3.8) is 0 Å². The van der Waals surface area contributed by atoms with Gasteiger partial charge in [0, 0.05) is 0 Å². The highest BCUT2D eigenvalue weighted by atomic mass is 32.1. The molecule has 23 heavy (non-hydrogen) atoms. The van der Waals surface area contributed by atoms with Crippen molar-refractivity contribution in [2.24, 2.45) is 0 Å². The van der Waals surface area contributed by atoms with Gasteiger partial charge >= 0.3 is 0 Å². The van der Waals surface area contributed by atoms with Gasteiger partial charge in [-0.15, -0.1) is 0 Å². The molecule has 6 heteroatoms. The minimum absolute atomic E-state index is 0.393. The summed E-state index contributed by atoms with van der Waals surface area (Å²) in [6.45, 7) is 2.14. The van der Waals surface area contributed by atoms with Crippen molar-refractivity contribution in [1.29, 1.82) is 0 Å². The first-order valence-electron chi connectivity index (χ1n) is 7.53. The molecular formula is C17H16N4S2. The van der Waals surface area contributed by atoms with Crippen molar-refractivity contribution in [3.05, 3.63) is 60.2 Å². The number of para-hydroxylation sites is 1. The lowest BCUT2D eigenvalue weighted by atomic mass is 9.98. The fraction of sp³-hybridized carbons (Fsp3) is 0.176. The summed E-state index contributed by atoms with van der Waals surface area (Å²) in [7, 11) is 0. The zero-order valence-electron chi connectivity index (χ0n) is 12.6. The lowest BCUT2D eigenvalue weighted by molar-refractivity contribution is 0.337. The van der Waals surface area contributed by atoms with Gasteiger partial charge in [0.15, 0.2) is 5.11 Å². The van der Waals surface area contributed by atoms with Crippen molar-refractivity contribution < 1.29 is 0 Å². The van der Waals surface area contributed by atoms with Crippen LogP contribution in [-0.2, 0) is 5.66 Å². The molecule has 2 heterocycles. The molecule has 1 atom stereocenters. The highest BCUT2D eigenvalue weighted by molar-refractivity contribution is 7.80. The Bertz CT molecular complexity index is 828. The van der Waals surface area contributed by atoms with Gasteiger partial charge in [-0.3, -0.25) is 0 Å². The molecule has 0 radical (unpaired) electrons. The molecule has 0 unspecified atom stereocenters. The number of thiocarbonyl (C=S) groups is 1. The second-order valence-corrected chi connectivity index (χ2v) is 6.86. The van der Waals surface area contributed by atoms with Gasteiger partial charge in [0.1, 0.15) is 5.66 Å². The molecule has 0 amide bonds. The molecular weight excluding hydrogens is 324 g/mol. The lowest BCUT2D eigenvalue weighted by Gasteiger charge is -2.28. The Kier molecular flexibility index (Phi) is 3.52. The van der Waals surface area contributed by atoms with Crippen molar-refractivity contribution >= 4 is 44.0 Å². The van der Waals surface area contributed by atoms with Crippen LogP contribution in [0.5, 0.6) is 0 Å². The molecule has 1 fully saturated rings. The minimum atomic E-state index is -0.393. The summed E-state index contributed by atoms with van der Waals surface area (Å²) in [6.07, 6.45) is 0.860. The molecule has 3 aromatic rings. The van der Waals surface area contributed by atoms with E-state index in [1.165, 1.54) is 0 Å². The SMILES string of the molecule is CC[C@@]1(c2ccccc2)NC(=S)N(c2nc3ccccc3s2)N1. The zero-order valence-corrected chi connectivity index (χ0v) is 14.2. The van der Waals surface area contributed by atoms with Gasteiger partial charge in [0.05, 0.1) is 10.2 Å². The third-order valence-electron chi connectivity index (χ3n) is 4.10. The molecule has 0 aliphatic carbocycles. The normalized spacial score (nSPS) is 20.9. The molecule has 116 valence electrons. The summed E-state index contributed by atoms with van der Waals surface area (Å²) < 4.78 is 1.15. The van der Waals surface area contributed by atoms with Gasteiger partial charge in [-0.1, -0.05) is 60.7 Å². The number of nitrogens with one attached hydrogen (secondary N) is 2. The van der Waals surface area contributed by atoms with E-state index in [1.807, 2.05) is 41.4 Å². The number of aromatic nitrogens is 1. The maximum atomic E-state index is 5.56. The summed E-state index contributed by atoms with van der Waals surface area (Å²) in [4.78, 5) is 4.69. The van der Waals surface area contributed by atoms with Crippen molar-refractivity contribution in [2.45, 2.75) is 19.0 Å². The number of hydrazine groups is 1. The summed E-state index contributed by atoms with van der Waals surface area (Å²) in [5.74, 6) is 0. The number of thiazole rings is 1. The third-order valence-corrected chi connectivity index (χ3v) is 5.40. The highest BCUT2D eigenvalue weighted by Gasteiger charge is 2.41. The molecule has 2 N–H and O–H groups in total. The van der Waals surface area contributed by atoms with Crippen LogP contribution in [0, 0.1) is 0 Å². The molecule has 4 nitrogen and oxygen atoms in total. The number of nitrogens with zero attached hydrogens (tertiary/aromatic N) is 2. The van der Waals surface area contributed by atoms with E-state index in [-0.39, 0.29) is 0 Å². The Morgan fingerprint density at radius 1 is 1.13 bits per heavy atom. The number of fused-ring (bicyclic) bond motifs is 1. The van der Waals surface area contributed by atoms with Crippen LogP contribution in [0.4, 0.5) is 5.13 Å². The third kappa shape index (κ3) is 2.39. The molecule has 1 aliphatic rings. The number of hydrogen-bond donors (Lipinski definition) is 2. The van der Waals surface area contributed by atoms with Crippen LogP contribution in [0.2, 0.25) is 0 Å². The Morgan fingerprint density at radius 3 is 2.61 bits per heavy atom. The topological polar surface area (TPSA) is 40.2 Å². The van der Waals surface area contributed by atoms with E-state index in [0.29, 0.717) is 5.11 Å². The maximum Gasteiger partial charge on any atom is 0.207 e. The molecule has 0 saturated carbocycles. The van der Waals surface area contributed by atoms with Gasteiger partial charge in [0.2, 0.25) is 5.13 Å². The predicted molar refractivity (Wildman–Crippen MR) is 99.4 cm³/mol. The highest BCUT2D eigenvalue weighted by Crippen LogP contribution is 2.33. The van der Waals surface area contributed by atoms with Crippen molar-refractivity contribution in [3.8, 4) is 0 Å². The molecule has 0 bridgehead atoms. The van der Waals surface area contributed by atoms with E-state index in [4.69, 9.17) is 17.2 Å². The maximum absolute atomic E-state index is 5.56. The van der Waals surface area contributed by atoms with Gasteiger partial charge in [0.25, 0.3) is 0 Å². The fourth-order valence-electron chi connectivity index (χ4n) is 2.83. The van der Waals surface area contributed by atoms with E-state index in [9.17, 15) is 0 Å².